The molecule has 2 aliphatic heterocycles. The van der Waals surface area contributed by atoms with Crippen LogP contribution in [0.4, 0.5) is 0 Å². The molecule has 0 saturated carbocycles. The number of imidazole rings is 1. The van der Waals surface area contributed by atoms with Crippen LogP contribution in [0.5, 0.6) is 5.75 Å². The lowest BCUT2D eigenvalue weighted by Gasteiger charge is -2.32. The van der Waals surface area contributed by atoms with Crippen LogP contribution in [0.25, 0.3) is 27.9 Å². The third kappa shape index (κ3) is 5.16. The maximum absolute atomic E-state index is 9.33. The third-order valence-electron chi connectivity index (χ3n) is 7.85. The van der Waals surface area contributed by atoms with Gasteiger partial charge in [0, 0.05) is 50.7 Å². The van der Waals surface area contributed by atoms with Gasteiger partial charge in [-0.15, -0.1) is 0 Å². The Morgan fingerprint density at radius 3 is 2.50 bits per heavy atom. The van der Waals surface area contributed by atoms with Gasteiger partial charge in [0.05, 0.1) is 36.5 Å². The van der Waals surface area contributed by atoms with Crippen molar-refractivity contribution >= 4 is 5.52 Å². The van der Waals surface area contributed by atoms with Crippen molar-refractivity contribution in [3.05, 3.63) is 78.2 Å². The summed E-state index contributed by atoms with van der Waals surface area (Å²) in [5.74, 6) is 1.35. The number of benzene rings is 2. The van der Waals surface area contributed by atoms with Crippen LogP contribution in [0.2, 0.25) is 0 Å². The first-order chi connectivity index (χ1) is 18.7. The van der Waals surface area contributed by atoms with Crippen molar-refractivity contribution in [3.63, 3.8) is 0 Å². The maximum Gasteiger partial charge on any atom is 0.145 e. The Balaban J connectivity index is 1.37. The molecule has 2 aliphatic rings. The molecule has 1 atom stereocenters. The highest BCUT2D eigenvalue weighted by molar-refractivity contribution is 5.86. The summed E-state index contributed by atoms with van der Waals surface area (Å²) < 4.78 is 8.55. The summed E-state index contributed by atoms with van der Waals surface area (Å²) >= 11 is 0. The summed E-state index contributed by atoms with van der Waals surface area (Å²) in [4.78, 5) is 9.42. The molecule has 4 heterocycles. The smallest absolute Gasteiger partial charge is 0.145 e. The lowest BCUT2D eigenvalue weighted by molar-refractivity contribution is 0.148. The molecule has 0 spiro atoms. The summed E-state index contributed by atoms with van der Waals surface area (Å²) in [5.41, 5.74) is 7.24. The Labute approximate surface area is 224 Å². The minimum atomic E-state index is 0.517. The topological polar surface area (TPSA) is 68.8 Å². The number of fused-ring (bicyclic) bond motifs is 1. The molecule has 0 aliphatic carbocycles. The van der Waals surface area contributed by atoms with Gasteiger partial charge in [0.1, 0.15) is 11.3 Å². The fourth-order valence-corrected chi connectivity index (χ4v) is 5.51. The van der Waals surface area contributed by atoms with Gasteiger partial charge in [-0.25, -0.2) is 4.98 Å². The van der Waals surface area contributed by atoms with Crippen LogP contribution in [0.3, 0.4) is 0 Å². The Morgan fingerprint density at radius 2 is 1.79 bits per heavy atom. The van der Waals surface area contributed by atoms with Gasteiger partial charge in [-0.05, 0) is 54.9 Å². The van der Waals surface area contributed by atoms with Crippen LogP contribution >= 0.6 is 0 Å². The first-order valence-corrected chi connectivity index (χ1v) is 13.5. The van der Waals surface area contributed by atoms with Crippen LogP contribution in [-0.2, 0) is 6.54 Å². The molecule has 2 aromatic carbocycles. The summed E-state index contributed by atoms with van der Waals surface area (Å²) in [7, 11) is 2.19. The van der Waals surface area contributed by atoms with E-state index in [1.807, 2.05) is 36.8 Å². The van der Waals surface area contributed by atoms with Crippen LogP contribution in [0.1, 0.15) is 17.5 Å². The Hall–Kier alpha value is -3.70. The molecular formula is C31H34N6O. The van der Waals surface area contributed by atoms with Crippen molar-refractivity contribution in [2.45, 2.75) is 13.0 Å². The van der Waals surface area contributed by atoms with E-state index in [2.05, 4.69) is 68.0 Å². The number of rotatable bonds is 7. The van der Waals surface area contributed by atoms with E-state index < -0.39 is 0 Å². The molecule has 194 valence electrons. The second-order valence-electron chi connectivity index (χ2n) is 10.6. The number of piperazine rings is 1. The van der Waals surface area contributed by atoms with E-state index in [0.29, 0.717) is 18.1 Å². The van der Waals surface area contributed by atoms with Gasteiger partial charge < -0.3 is 15.0 Å². The van der Waals surface area contributed by atoms with Gasteiger partial charge in [-0.3, -0.25) is 9.30 Å². The van der Waals surface area contributed by atoms with Crippen molar-refractivity contribution in [1.82, 2.24) is 24.5 Å². The zero-order valence-corrected chi connectivity index (χ0v) is 21.9. The van der Waals surface area contributed by atoms with E-state index in [4.69, 9.17) is 4.74 Å². The van der Waals surface area contributed by atoms with Gasteiger partial charge in [0.2, 0.25) is 0 Å². The van der Waals surface area contributed by atoms with Crippen LogP contribution < -0.4 is 10.1 Å². The minimum absolute atomic E-state index is 0.517. The molecule has 4 aromatic rings. The van der Waals surface area contributed by atoms with Crippen molar-refractivity contribution in [2.24, 2.45) is 5.92 Å². The highest BCUT2D eigenvalue weighted by Gasteiger charge is 2.20. The molecule has 7 heteroatoms. The Kier molecular flexibility index (Phi) is 7.10. The number of likely N-dealkylation sites (N-methyl/N-ethyl adjacent to an activating group) is 1. The molecule has 2 fully saturated rings. The second kappa shape index (κ2) is 11.0. The van der Waals surface area contributed by atoms with Crippen LogP contribution in [-0.4, -0.2) is 72.1 Å². The van der Waals surface area contributed by atoms with Gasteiger partial charge in [0.15, 0.2) is 0 Å². The normalized spacial score (nSPS) is 18.6. The average Bonchev–Trinajstić information content (AvgIpc) is 3.66. The maximum atomic E-state index is 9.33. The zero-order valence-electron chi connectivity index (χ0n) is 21.9. The Morgan fingerprint density at radius 1 is 1.03 bits per heavy atom. The lowest BCUT2D eigenvalue weighted by Crippen LogP contribution is -2.43. The lowest BCUT2D eigenvalue weighted by atomic mass is 9.97. The highest BCUT2D eigenvalue weighted by Crippen LogP contribution is 2.38. The summed E-state index contributed by atoms with van der Waals surface area (Å²) in [5, 5.41) is 12.7. The minimum Gasteiger partial charge on any atom is -0.491 e. The number of hydrogen-bond acceptors (Lipinski definition) is 6. The van der Waals surface area contributed by atoms with Crippen molar-refractivity contribution in [1.29, 1.82) is 5.26 Å². The van der Waals surface area contributed by atoms with Crippen molar-refractivity contribution in [3.8, 4) is 34.2 Å². The molecule has 2 saturated heterocycles. The quantitative estimate of drug-likeness (QED) is 0.404. The average molecular weight is 507 g/mol. The number of pyridine rings is 1. The molecule has 1 N–H and O–H groups in total. The molecule has 0 amide bonds. The summed E-state index contributed by atoms with van der Waals surface area (Å²) in [6.07, 6.45) is 4.90. The zero-order chi connectivity index (χ0) is 25.9. The molecule has 6 rings (SSSR count). The molecule has 0 radical (unpaired) electrons. The standard InChI is InChI=1S/C31H34N6O/c1-35-12-14-36(15-13-35)20-24-4-8-27(9-5-24)31-28(26-6-2-23(17-32)3-7-26)16-30(29-19-34-22-37(29)31)38-21-25-10-11-33-18-25/h2-9,16,19,22,25,33H,10-15,18,20-21H2,1H3/t25-/m1/s1. The van der Waals surface area contributed by atoms with Crippen molar-refractivity contribution < 1.29 is 4.74 Å². The van der Waals surface area contributed by atoms with Gasteiger partial charge in [-0.1, -0.05) is 36.4 Å². The molecule has 38 heavy (non-hydrogen) atoms. The number of aromatic nitrogens is 2. The van der Waals surface area contributed by atoms with E-state index in [9.17, 15) is 5.26 Å². The SMILES string of the molecule is CN1CCN(Cc2ccc(-c3c(-c4ccc(C#N)cc4)cc(OC[C@@H]4CCNC4)c4cncn34)cc2)CC1. The summed E-state index contributed by atoms with van der Waals surface area (Å²) in [6.45, 7) is 8.16. The fraction of sp³-hybridized carbons (Fsp3) is 0.355. The first-order valence-electron chi connectivity index (χ1n) is 13.5. The molecular weight excluding hydrogens is 472 g/mol. The molecule has 0 bridgehead atoms. The van der Waals surface area contributed by atoms with Gasteiger partial charge >= 0.3 is 0 Å². The third-order valence-corrected chi connectivity index (χ3v) is 7.85. The predicted molar refractivity (Wildman–Crippen MR) is 150 cm³/mol. The number of nitrogens with one attached hydrogen (secondary N) is 1. The molecule has 7 nitrogen and oxygen atoms in total. The molecule has 0 unspecified atom stereocenters. The fourth-order valence-electron chi connectivity index (χ4n) is 5.51. The number of ether oxygens (including phenoxy) is 1. The van der Waals surface area contributed by atoms with Gasteiger partial charge in [-0.2, -0.15) is 5.26 Å². The Bertz CT molecular complexity index is 1420. The van der Waals surface area contributed by atoms with Crippen LogP contribution in [0, 0.1) is 17.2 Å². The predicted octanol–water partition coefficient (Wildman–Crippen LogP) is 4.28. The largest absolute Gasteiger partial charge is 0.491 e. The van der Waals surface area contributed by atoms with E-state index in [0.717, 1.165) is 85.9 Å². The number of nitriles is 1. The van der Waals surface area contributed by atoms with E-state index >= 15 is 0 Å². The second-order valence-corrected chi connectivity index (χ2v) is 10.6. The number of hydrogen-bond donors (Lipinski definition) is 1. The monoisotopic (exact) mass is 506 g/mol. The van der Waals surface area contributed by atoms with E-state index in [1.54, 1.807) is 0 Å². The van der Waals surface area contributed by atoms with Crippen LogP contribution in [0.15, 0.2) is 67.1 Å². The van der Waals surface area contributed by atoms with E-state index in [-0.39, 0.29) is 0 Å². The van der Waals surface area contributed by atoms with Crippen molar-refractivity contribution in [2.75, 3.05) is 52.9 Å². The number of nitrogens with zero attached hydrogens (tertiary/aromatic N) is 5. The molecule has 2 aromatic heterocycles. The van der Waals surface area contributed by atoms with Gasteiger partial charge in [0.25, 0.3) is 0 Å². The first kappa shape index (κ1) is 24.6. The highest BCUT2D eigenvalue weighted by atomic mass is 16.5. The summed E-state index contributed by atoms with van der Waals surface area (Å²) in [6, 6.07) is 21.1. The van der Waals surface area contributed by atoms with E-state index in [1.165, 1.54) is 5.56 Å².